The van der Waals surface area contributed by atoms with Crippen molar-refractivity contribution in [1.29, 1.82) is 5.26 Å². The highest BCUT2D eigenvalue weighted by molar-refractivity contribution is 5.64. The van der Waals surface area contributed by atoms with Crippen LogP contribution in [0.2, 0.25) is 0 Å². The topological polar surface area (TPSA) is 106 Å². The molecule has 2 heterocycles. The van der Waals surface area contributed by atoms with E-state index in [0.717, 1.165) is 5.56 Å². The smallest absolute Gasteiger partial charge is 0.300 e. The van der Waals surface area contributed by atoms with Gasteiger partial charge in [-0.05, 0) is 5.56 Å². The Morgan fingerprint density at radius 1 is 1.39 bits per heavy atom. The average Bonchev–Trinajstić information content (AvgIpc) is 2.57. The predicted octanol–water partition coefficient (Wildman–Crippen LogP) is 1.04. The lowest BCUT2D eigenvalue weighted by Gasteiger charge is -2.26. The summed E-state index contributed by atoms with van der Waals surface area (Å²) >= 11 is 0. The van der Waals surface area contributed by atoms with Gasteiger partial charge in [0.15, 0.2) is 0 Å². The Morgan fingerprint density at radius 2 is 2.09 bits per heavy atom. The number of fused-ring (bicyclic) bond motifs is 1. The molecule has 0 radical (unpaired) electrons. The number of nitrogens with two attached hydrogens (primary N) is 1. The van der Waals surface area contributed by atoms with Crippen molar-refractivity contribution in [1.82, 2.24) is 9.55 Å². The number of nitrogens with one attached hydrogen (secondary N) is 1. The quantitative estimate of drug-likeness (QED) is 0.858. The number of methoxy groups -OCH3 is 1. The van der Waals surface area contributed by atoms with E-state index in [1.54, 1.807) is 7.05 Å². The van der Waals surface area contributed by atoms with E-state index in [1.807, 2.05) is 30.3 Å². The summed E-state index contributed by atoms with van der Waals surface area (Å²) in [4.78, 5) is 17.1. The minimum absolute atomic E-state index is 0.168. The molecule has 0 saturated carbocycles. The highest BCUT2D eigenvalue weighted by atomic mass is 16.5. The van der Waals surface area contributed by atoms with E-state index in [0.29, 0.717) is 17.0 Å². The second-order valence-electron chi connectivity index (χ2n) is 5.13. The fourth-order valence-corrected chi connectivity index (χ4v) is 2.74. The molecule has 1 atom stereocenters. The first-order chi connectivity index (χ1) is 11.1. The normalized spacial score (nSPS) is 16.3. The van der Waals surface area contributed by atoms with Gasteiger partial charge in [0, 0.05) is 7.05 Å². The Balaban J connectivity index is 2.34. The van der Waals surface area contributed by atoms with Crippen molar-refractivity contribution in [3.05, 3.63) is 63.2 Å². The van der Waals surface area contributed by atoms with E-state index in [1.165, 1.54) is 11.7 Å². The van der Waals surface area contributed by atoms with Gasteiger partial charge >= 0.3 is 6.01 Å². The maximum absolute atomic E-state index is 12.8. The highest BCUT2D eigenvalue weighted by Crippen LogP contribution is 2.38. The largest absolute Gasteiger partial charge is 0.468 e. The summed E-state index contributed by atoms with van der Waals surface area (Å²) in [6, 6.07) is 11.6. The van der Waals surface area contributed by atoms with Crippen molar-refractivity contribution < 1.29 is 4.74 Å². The van der Waals surface area contributed by atoms with Crippen LogP contribution in [0.15, 0.2) is 46.5 Å². The maximum atomic E-state index is 12.8. The number of benzene rings is 1. The number of allylic oxidation sites excluding steroid dienone is 1. The summed E-state index contributed by atoms with van der Waals surface area (Å²) in [5.74, 6) is -0.0541. The lowest BCUT2D eigenvalue weighted by atomic mass is 9.84. The van der Waals surface area contributed by atoms with Crippen LogP contribution in [-0.2, 0) is 7.05 Å². The van der Waals surface area contributed by atoms with Gasteiger partial charge in [0.05, 0.1) is 30.2 Å². The average molecular weight is 309 g/mol. The van der Waals surface area contributed by atoms with Crippen molar-refractivity contribution in [2.45, 2.75) is 5.92 Å². The first kappa shape index (κ1) is 14.7. The van der Waals surface area contributed by atoms with Crippen LogP contribution in [-0.4, -0.2) is 16.7 Å². The SMILES string of the molecule is COc1nc2c(c(=O)n1C)C(c1ccccc1)C(C#N)=C(N)N2. The molecule has 23 heavy (non-hydrogen) atoms. The van der Waals surface area contributed by atoms with Gasteiger partial charge in [-0.1, -0.05) is 30.3 Å². The second kappa shape index (κ2) is 5.50. The minimum Gasteiger partial charge on any atom is -0.468 e. The van der Waals surface area contributed by atoms with Crippen molar-refractivity contribution >= 4 is 5.82 Å². The summed E-state index contributed by atoms with van der Waals surface area (Å²) in [5, 5.41) is 12.3. The van der Waals surface area contributed by atoms with Crippen LogP contribution in [0.25, 0.3) is 0 Å². The molecule has 7 heteroatoms. The van der Waals surface area contributed by atoms with Crippen LogP contribution in [0.4, 0.5) is 5.82 Å². The second-order valence-corrected chi connectivity index (χ2v) is 5.13. The molecular weight excluding hydrogens is 294 g/mol. The molecule has 1 aromatic carbocycles. The zero-order valence-corrected chi connectivity index (χ0v) is 12.7. The third-order valence-electron chi connectivity index (χ3n) is 3.84. The summed E-state index contributed by atoms with van der Waals surface area (Å²) in [5.41, 5.74) is 7.17. The van der Waals surface area contributed by atoms with Gasteiger partial charge in [-0.15, -0.1) is 0 Å². The molecule has 3 rings (SSSR count). The van der Waals surface area contributed by atoms with Crippen molar-refractivity contribution in [2.75, 3.05) is 12.4 Å². The Hall–Kier alpha value is -3.27. The number of nitriles is 1. The summed E-state index contributed by atoms with van der Waals surface area (Å²) in [6.07, 6.45) is 0. The summed E-state index contributed by atoms with van der Waals surface area (Å²) in [7, 11) is 3.01. The molecule has 1 aromatic heterocycles. The molecule has 1 aliphatic rings. The zero-order valence-electron chi connectivity index (χ0n) is 12.7. The molecule has 116 valence electrons. The highest BCUT2D eigenvalue weighted by Gasteiger charge is 2.33. The number of rotatable bonds is 2. The predicted molar refractivity (Wildman–Crippen MR) is 84.8 cm³/mol. The number of hydrogen-bond donors (Lipinski definition) is 2. The first-order valence-corrected chi connectivity index (χ1v) is 6.95. The molecule has 3 N–H and O–H groups in total. The van der Waals surface area contributed by atoms with Gasteiger partial charge in [0.2, 0.25) is 0 Å². The van der Waals surface area contributed by atoms with Crippen LogP contribution < -0.4 is 21.3 Å². The van der Waals surface area contributed by atoms with Crippen molar-refractivity contribution in [3.63, 3.8) is 0 Å². The number of anilines is 1. The van der Waals surface area contributed by atoms with Gasteiger partial charge in [-0.25, -0.2) is 0 Å². The molecule has 1 aliphatic heterocycles. The molecule has 0 amide bonds. The molecule has 0 aliphatic carbocycles. The molecule has 1 unspecified atom stereocenters. The molecular formula is C16H15N5O2. The minimum atomic E-state index is -0.561. The maximum Gasteiger partial charge on any atom is 0.300 e. The van der Waals surface area contributed by atoms with Crippen LogP contribution in [0.1, 0.15) is 17.0 Å². The van der Waals surface area contributed by atoms with Crippen molar-refractivity contribution in [3.8, 4) is 12.1 Å². The summed E-state index contributed by atoms with van der Waals surface area (Å²) < 4.78 is 6.42. The fourth-order valence-electron chi connectivity index (χ4n) is 2.74. The van der Waals surface area contributed by atoms with Gasteiger partial charge in [-0.2, -0.15) is 10.2 Å². The van der Waals surface area contributed by atoms with Gasteiger partial charge in [0.1, 0.15) is 11.6 Å². The van der Waals surface area contributed by atoms with Crippen LogP contribution in [0.5, 0.6) is 6.01 Å². The Labute approximate surface area is 132 Å². The molecule has 7 nitrogen and oxygen atoms in total. The number of ether oxygens (including phenoxy) is 1. The van der Waals surface area contributed by atoms with Gasteiger partial charge < -0.3 is 15.8 Å². The number of hydrogen-bond acceptors (Lipinski definition) is 6. The Kier molecular flexibility index (Phi) is 3.50. The zero-order chi connectivity index (χ0) is 16.6. The van der Waals surface area contributed by atoms with Gasteiger partial charge in [0.25, 0.3) is 5.56 Å². The fraction of sp³-hybridized carbons (Fsp3) is 0.188. The third kappa shape index (κ3) is 2.21. The van der Waals surface area contributed by atoms with Crippen LogP contribution in [0.3, 0.4) is 0 Å². The Morgan fingerprint density at radius 3 is 2.70 bits per heavy atom. The molecule has 2 aromatic rings. The summed E-state index contributed by atoms with van der Waals surface area (Å²) in [6.45, 7) is 0. The standard InChI is InChI=1S/C16H15N5O2/c1-21-15(22)12-11(9-6-4-3-5-7-9)10(8-17)13(18)19-14(12)20-16(21)23-2/h3-7,11,19H,18H2,1-2H3. The van der Waals surface area contributed by atoms with E-state index >= 15 is 0 Å². The van der Waals surface area contributed by atoms with E-state index in [-0.39, 0.29) is 17.4 Å². The number of nitrogens with zero attached hydrogens (tertiary/aromatic N) is 3. The lowest BCUT2D eigenvalue weighted by molar-refractivity contribution is 0.356. The van der Waals surface area contributed by atoms with E-state index in [2.05, 4.69) is 16.4 Å². The van der Waals surface area contributed by atoms with E-state index in [9.17, 15) is 10.1 Å². The van der Waals surface area contributed by atoms with E-state index in [4.69, 9.17) is 10.5 Å². The molecule has 0 saturated heterocycles. The third-order valence-corrected chi connectivity index (χ3v) is 3.84. The lowest BCUT2D eigenvalue weighted by Crippen LogP contribution is -2.33. The Bertz CT molecular complexity index is 893. The van der Waals surface area contributed by atoms with Crippen LogP contribution >= 0.6 is 0 Å². The molecule has 0 fully saturated rings. The van der Waals surface area contributed by atoms with Crippen molar-refractivity contribution in [2.24, 2.45) is 12.8 Å². The molecule has 0 bridgehead atoms. The number of aromatic nitrogens is 2. The monoisotopic (exact) mass is 309 g/mol. The molecule has 0 spiro atoms. The first-order valence-electron chi connectivity index (χ1n) is 6.95. The van der Waals surface area contributed by atoms with Gasteiger partial charge in [-0.3, -0.25) is 9.36 Å². The van der Waals surface area contributed by atoms with Crippen LogP contribution in [0, 0.1) is 11.3 Å². The van der Waals surface area contributed by atoms with E-state index < -0.39 is 5.92 Å².